The lowest BCUT2D eigenvalue weighted by Crippen LogP contribution is -2.14. The van der Waals surface area contributed by atoms with Gasteiger partial charge in [-0.05, 0) is 30.3 Å². The van der Waals surface area contributed by atoms with E-state index in [0.29, 0.717) is 15.6 Å². The minimum absolute atomic E-state index is 0.118. The largest absolute Gasteiger partial charge is 0.444 e. The van der Waals surface area contributed by atoms with Gasteiger partial charge < -0.3 is 9.73 Å². The number of benzene rings is 2. The normalized spacial score (nSPS) is 10.7. The molecule has 24 heavy (non-hydrogen) atoms. The maximum Gasteiger partial charge on any atom is 0.277 e. The number of hydrogen-bond donors (Lipinski definition) is 1. The van der Waals surface area contributed by atoms with E-state index in [2.05, 4.69) is 10.3 Å². The van der Waals surface area contributed by atoms with Gasteiger partial charge in [-0.15, -0.1) is 0 Å². The molecule has 0 fully saturated rings. The van der Waals surface area contributed by atoms with Crippen LogP contribution in [0.2, 0.25) is 10.0 Å². The van der Waals surface area contributed by atoms with Crippen LogP contribution in [0.4, 0.5) is 14.5 Å². The molecule has 1 amide bonds. The molecule has 3 rings (SSSR count). The molecule has 0 aliphatic heterocycles. The van der Waals surface area contributed by atoms with Crippen LogP contribution in [0.3, 0.4) is 0 Å². The van der Waals surface area contributed by atoms with E-state index >= 15 is 0 Å². The van der Waals surface area contributed by atoms with E-state index in [-0.39, 0.29) is 11.6 Å². The first kappa shape index (κ1) is 16.4. The van der Waals surface area contributed by atoms with E-state index in [1.165, 1.54) is 12.1 Å². The number of amides is 1. The molecule has 0 spiro atoms. The molecule has 1 N–H and O–H groups in total. The Kier molecular flexibility index (Phi) is 4.51. The zero-order chi connectivity index (χ0) is 17.3. The number of hydrogen-bond acceptors (Lipinski definition) is 3. The zero-order valence-electron chi connectivity index (χ0n) is 11.8. The van der Waals surface area contributed by atoms with Crippen molar-refractivity contribution in [1.29, 1.82) is 0 Å². The van der Waals surface area contributed by atoms with Gasteiger partial charge in [0, 0.05) is 5.56 Å². The summed E-state index contributed by atoms with van der Waals surface area (Å²) < 4.78 is 32.3. The van der Waals surface area contributed by atoms with Gasteiger partial charge in [0.05, 0.1) is 10.0 Å². The molecule has 122 valence electrons. The van der Waals surface area contributed by atoms with Crippen LogP contribution in [-0.2, 0) is 0 Å². The minimum atomic E-state index is -0.892. The maximum absolute atomic E-state index is 13.6. The van der Waals surface area contributed by atoms with E-state index < -0.39 is 23.2 Å². The predicted octanol–water partition coefficient (Wildman–Crippen LogP) is 5.18. The minimum Gasteiger partial charge on any atom is -0.444 e. The number of carbonyl (C=O) groups excluding carboxylic acids is 1. The number of para-hydroxylation sites is 1. The van der Waals surface area contributed by atoms with E-state index in [4.69, 9.17) is 27.6 Å². The van der Waals surface area contributed by atoms with E-state index in [9.17, 15) is 13.6 Å². The number of anilines is 1. The smallest absolute Gasteiger partial charge is 0.277 e. The number of rotatable bonds is 3. The van der Waals surface area contributed by atoms with Gasteiger partial charge in [-0.3, -0.25) is 4.79 Å². The Morgan fingerprint density at radius 3 is 2.46 bits per heavy atom. The molecule has 1 aromatic heterocycles. The quantitative estimate of drug-likeness (QED) is 0.692. The summed E-state index contributed by atoms with van der Waals surface area (Å²) in [5.41, 5.74) is -0.194. The standard InChI is InChI=1S/C16H8Cl2F2N2O2/c17-9-5-4-8(6-10(9)18)16-21-13(7-24-16)15(23)22-14-11(19)2-1-3-12(14)20/h1-7H,(H,22,23). The summed E-state index contributed by atoms with van der Waals surface area (Å²) in [6, 6.07) is 7.94. The Labute approximate surface area is 145 Å². The first-order valence-corrected chi connectivity index (χ1v) is 7.37. The van der Waals surface area contributed by atoms with Gasteiger partial charge in [0.2, 0.25) is 5.89 Å². The van der Waals surface area contributed by atoms with Crippen molar-refractivity contribution < 1.29 is 18.0 Å². The highest BCUT2D eigenvalue weighted by Gasteiger charge is 2.17. The lowest BCUT2D eigenvalue weighted by molar-refractivity contribution is 0.102. The predicted molar refractivity (Wildman–Crippen MR) is 86.3 cm³/mol. The average Bonchev–Trinajstić information content (AvgIpc) is 3.03. The molecular weight excluding hydrogens is 361 g/mol. The number of carbonyl (C=O) groups is 1. The van der Waals surface area contributed by atoms with Gasteiger partial charge in [0.1, 0.15) is 23.6 Å². The van der Waals surface area contributed by atoms with Crippen LogP contribution < -0.4 is 5.32 Å². The lowest BCUT2D eigenvalue weighted by Gasteiger charge is -2.05. The second-order valence-corrected chi connectivity index (χ2v) is 5.53. The Morgan fingerprint density at radius 1 is 1.08 bits per heavy atom. The monoisotopic (exact) mass is 368 g/mol. The Hall–Kier alpha value is -2.44. The van der Waals surface area contributed by atoms with Crippen molar-refractivity contribution >= 4 is 34.8 Å². The molecule has 0 saturated heterocycles. The highest BCUT2D eigenvalue weighted by atomic mass is 35.5. The number of aromatic nitrogens is 1. The number of nitrogens with one attached hydrogen (secondary N) is 1. The van der Waals surface area contributed by atoms with E-state index in [1.807, 2.05) is 0 Å². The first-order chi connectivity index (χ1) is 11.5. The second-order valence-electron chi connectivity index (χ2n) is 4.72. The molecule has 4 nitrogen and oxygen atoms in total. The molecule has 0 saturated carbocycles. The Balaban J connectivity index is 1.85. The van der Waals surface area contributed by atoms with Gasteiger partial charge >= 0.3 is 0 Å². The van der Waals surface area contributed by atoms with Gasteiger partial charge in [0.25, 0.3) is 5.91 Å². The van der Waals surface area contributed by atoms with Gasteiger partial charge in [0.15, 0.2) is 5.69 Å². The van der Waals surface area contributed by atoms with Gasteiger partial charge in [-0.1, -0.05) is 29.3 Å². The lowest BCUT2D eigenvalue weighted by atomic mass is 10.2. The molecule has 1 heterocycles. The van der Waals surface area contributed by atoms with Crippen LogP contribution in [0.25, 0.3) is 11.5 Å². The Morgan fingerprint density at radius 2 is 1.79 bits per heavy atom. The Bertz CT molecular complexity index is 908. The first-order valence-electron chi connectivity index (χ1n) is 6.62. The van der Waals surface area contributed by atoms with Crippen molar-refractivity contribution in [2.75, 3.05) is 5.32 Å². The topological polar surface area (TPSA) is 55.1 Å². The average molecular weight is 369 g/mol. The fourth-order valence-corrected chi connectivity index (χ4v) is 2.23. The summed E-state index contributed by atoms with van der Waals surface area (Å²) in [4.78, 5) is 16.1. The highest BCUT2D eigenvalue weighted by molar-refractivity contribution is 6.42. The number of halogens is 4. The summed E-state index contributed by atoms with van der Waals surface area (Å²) in [5, 5.41) is 2.78. The second kappa shape index (κ2) is 6.59. The van der Waals surface area contributed by atoms with E-state index in [1.54, 1.807) is 12.1 Å². The van der Waals surface area contributed by atoms with Gasteiger partial charge in [-0.2, -0.15) is 0 Å². The molecule has 0 unspecified atom stereocenters. The van der Waals surface area contributed by atoms with Crippen LogP contribution in [0, 0.1) is 11.6 Å². The molecule has 0 bridgehead atoms. The van der Waals surface area contributed by atoms with Crippen molar-refractivity contribution in [1.82, 2.24) is 4.98 Å². The van der Waals surface area contributed by atoms with Crippen LogP contribution >= 0.6 is 23.2 Å². The summed E-state index contributed by atoms with van der Waals surface area (Å²) in [7, 11) is 0. The number of nitrogens with zero attached hydrogens (tertiary/aromatic N) is 1. The van der Waals surface area contributed by atoms with Gasteiger partial charge in [-0.25, -0.2) is 13.8 Å². The summed E-state index contributed by atoms with van der Waals surface area (Å²) in [6.45, 7) is 0. The summed E-state index contributed by atoms with van der Waals surface area (Å²) in [5.74, 6) is -2.48. The van der Waals surface area contributed by atoms with Crippen LogP contribution in [0.15, 0.2) is 47.1 Å². The van der Waals surface area contributed by atoms with Crippen molar-refractivity contribution in [2.45, 2.75) is 0 Å². The third kappa shape index (κ3) is 3.25. The van der Waals surface area contributed by atoms with Crippen molar-refractivity contribution in [3.05, 3.63) is 70.0 Å². The fourth-order valence-electron chi connectivity index (χ4n) is 1.93. The molecule has 8 heteroatoms. The summed E-state index contributed by atoms with van der Waals surface area (Å²) >= 11 is 11.7. The van der Waals surface area contributed by atoms with Crippen LogP contribution in [0.1, 0.15) is 10.5 Å². The third-order valence-electron chi connectivity index (χ3n) is 3.10. The van der Waals surface area contributed by atoms with Crippen molar-refractivity contribution in [3.8, 4) is 11.5 Å². The highest BCUT2D eigenvalue weighted by Crippen LogP contribution is 2.28. The number of oxazole rings is 1. The van der Waals surface area contributed by atoms with Crippen molar-refractivity contribution in [3.63, 3.8) is 0 Å². The molecule has 3 aromatic rings. The molecule has 2 aromatic carbocycles. The van der Waals surface area contributed by atoms with E-state index in [0.717, 1.165) is 18.4 Å². The molecule has 0 aliphatic carbocycles. The fraction of sp³-hybridized carbons (Fsp3) is 0. The third-order valence-corrected chi connectivity index (χ3v) is 3.84. The molecular formula is C16H8Cl2F2N2O2. The molecule has 0 radical (unpaired) electrons. The molecule has 0 aliphatic rings. The van der Waals surface area contributed by atoms with Crippen LogP contribution in [-0.4, -0.2) is 10.9 Å². The molecule has 0 atom stereocenters. The SMILES string of the molecule is O=C(Nc1c(F)cccc1F)c1coc(-c2ccc(Cl)c(Cl)c2)n1. The van der Waals surface area contributed by atoms with Crippen molar-refractivity contribution in [2.24, 2.45) is 0 Å². The zero-order valence-corrected chi connectivity index (χ0v) is 13.3. The van der Waals surface area contributed by atoms with Crippen LogP contribution in [0.5, 0.6) is 0 Å². The summed E-state index contributed by atoms with van der Waals surface area (Å²) in [6.07, 6.45) is 1.08. The maximum atomic E-state index is 13.6.